The van der Waals surface area contributed by atoms with E-state index in [9.17, 15) is 0 Å². The van der Waals surface area contributed by atoms with Crippen molar-refractivity contribution >= 4 is 0 Å². The van der Waals surface area contributed by atoms with Gasteiger partial charge in [-0.25, -0.2) is 0 Å². The molecule has 21 heavy (non-hydrogen) atoms. The van der Waals surface area contributed by atoms with Gasteiger partial charge in [0.1, 0.15) is 5.75 Å². The summed E-state index contributed by atoms with van der Waals surface area (Å²) in [6.07, 6.45) is 5.11. The highest BCUT2D eigenvalue weighted by Gasteiger charge is 2.28. The van der Waals surface area contributed by atoms with Crippen molar-refractivity contribution in [3.63, 3.8) is 0 Å². The molecule has 0 saturated heterocycles. The zero-order chi connectivity index (χ0) is 14.5. The molecule has 2 N–H and O–H groups in total. The lowest BCUT2D eigenvalue weighted by molar-refractivity contribution is 0.286. The van der Waals surface area contributed by atoms with Gasteiger partial charge in [-0.3, -0.25) is 0 Å². The predicted octanol–water partition coefficient (Wildman–Crippen LogP) is 2.68. The number of benzene rings is 1. The molecule has 3 rings (SSSR count). The van der Waals surface area contributed by atoms with Gasteiger partial charge in [-0.1, -0.05) is 36.2 Å². The molecule has 0 radical (unpaired) electrons. The van der Waals surface area contributed by atoms with Gasteiger partial charge < -0.3 is 15.0 Å². The molecule has 0 aliphatic heterocycles. The first kappa shape index (κ1) is 14.1. The van der Waals surface area contributed by atoms with Gasteiger partial charge in [-0.05, 0) is 25.0 Å². The quantitative estimate of drug-likeness (QED) is 0.915. The van der Waals surface area contributed by atoms with Crippen LogP contribution in [0.15, 0.2) is 34.9 Å². The summed E-state index contributed by atoms with van der Waals surface area (Å²) in [6.45, 7) is 0.541. The molecule has 112 valence electrons. The van der Waals surface area contributed by atoms with Crippen LogP contribution in [0.25, 0.3) is 0 Å². The average Bonchev–Trinajstić information content (AvgIpc) is 2.97. The Kier molecular flexibility index (Phi) is 4.50. The summed E-state index contributed by atoms with van der Waals surface area (Å²) in [4.78, 5) is 4.48. The highest BCUT2D eigenvalue weighted by Crippen LogP contribution is 2.30. The number of aromatic nitrogens is 2. The molecule has 1 saturated carbocycles. The van der Waals surface area contributed by atoms with Crippen molar-refractivity contribution in [1.82, 2.24) is 10.1 Å². The number of rotatable bonds is 5. The molecular formula is C16H21N3O2. The summed E-state index contributed by atoms with van der Waals surface area (Å²) in [5, 5.41) is 4.04. The van der Waals surface area contributed by atoms with Crippen LogP contribution in [-0.2, 0) is 6.42 Å². The molecule has 5 heteroatoms. The Balaban J connectivity index is 1.53. The zero-order valence-corrected chi connectivity index (χ0v) is 12.1. The van der Waals surface area contributed by atoms with E-state index in [2.05, 4.69) is 10.1 Å². The summed E-state index contributed by atoms with van der Waals surface area (Å²) in [6, 6.07) is 9.88. The topological polar surface area (TPSA) is 74.2 Å². The van der Waals surface area contributed by atoms with Gasteiger partial charge >= 0.3 is 0 Å². The molecule has 1 fully saturated rings. The van der Waals surface area contributed by atoms with E-state index in [1.54, 1.807) is 0 Å². The SMILES string of the molecule is NC1CCCCC1c1nc(CCOc2ccccc2)no1. The molecule has 2 unspecified atom stereocenters. The third-order valence-corrected chi connectivity index (χ3v) is 3.96. The number of hydrogen-bond acceptors (Lipinski definition) is 5. The number of ether oxygens (including phenoxy) is 1. The Morgan fingerprint density at radius 1 is 1.19 bits per heavy atom. The van der Waals surface area contributed by atoms with Crippen molar-refractivity contribution in [2.24, 2.45) is 5.73 Å². The Labute approximate surface area is 124 Å². The molecule has 5 nitrogen and oxygen atoms in total. The van der Waals surface area contributed by atoms with E-state index in [0.29, 0.717) is 24.7 Å². The maximum absolute atomic E-state index is 6.14. The minimum atomic E-state index is 0.146. The van der Waals surface area contributed by atoms with Gasteiger partial charge in [0.05, 0.1) is 12.5 Å². The molecule has 1 heterocycles. The lowest BCUT2D eigenvalue weighted by Crippen LogP contribution is -2.31. The minimum absolute atomic E-state index is 0.146. The Hall–Kier alpha value is -1.88. The van der Waals surface area contributed by atoms with Gasteiger partial charge in [0, 0.05) is 12.5 Å². The Bertz CT molecular complexity index is 556. The Morgan fingerprint density at radius 2 is 2.00 bits per heavy atom. The van der Waals surface area contributed by atoms with Crippen molar-refractivity contribution in [3.8, 4) is 5.75 Å². The van der Waals surface area contributed by atoms with Crippen LogP contribution in [-0.4, -0.2) is 22.8 Å². The molecule has 0 spiro atoms. The van der Waals surface area contributed by atoms with Crippen LogP contribution >= 0.6 is 0 Å². The van der Waals surface area contributed by atoms with E-state index >= 15 is 0 Å². The first-order chi connectivity index (χ1) is 10.3. The lowest BCUT2D eigenvalue weighted by atomic mass is 9.85. The third kappa shape index (κ3) is 3.61. The van der Waals surface area contributed by atoms with Crippen LogP contribution in [0, 0.1) is 0 Å². The van der Waals surface area contributed by atoms with Crippen molar-refractivity contribution in [2.45, 2.75) is 44.1 Å². The van der Waals surface area contributed by atoms with Crippen LogP contribution in [0.4, 0.5) is 0 Å². The number of nitrogens with two attached hydrogens (primary N) is 1. The standard InChI is InChI=1S/C16H21N3O2/c17-14-9-5-4-8-13(14)16-18-15(19-21-16)10-11-20-12-6-2-1-3-7-12/h1-3,6-7,13-14H,4-5,8-11,17H2. The average molecular weight is 287 g/mol. The minimum Gasteiger partial charge on any atom is -0.493 e. The second kappa shape index (κ2) is 6.72. The van der Waals surface area contributed by atoms with E-state index in [-0.39, 0.29) is 12.0 Å². The van der Waals surface area contributed by atoms with E-state index in [0.717, 1.165) is 18.6 Å². The van der Waals surface area contributed by atoms with Gasteiger partial charge in [-0.15, -0.1) is 0 Å². The lowest BCUT2D eigenvalue weighted by Gasteiger charge is -2.25. The maximum Gasteiger partial charge on any atom is 0.231 e. The highest BCUT2D eigenvalue weighted by molar-refractivity contribution is 5.20. The van der Waals surface area contributed by atoms with E-state index < -0.39 is 0 Å². The Morgan fingerprint density at radius 3 is 2.81 bits per heavy atom. The largest absolute Gasteiger partial charge is 0.493 e. The van der Waals surface area contributed by atoms with E-state index in [1.807, 2.05) is 30.3 Å². The molecule has 1 aromatic carbocycles. The molecule has 0 bridgehead atoms. The van der Waals surface area contributed by atoms with Gasteiger partial charge in [0.15, 0.2) is 5.82 Å². The van der Waals surface area contributed by atoms with Crippen molar-refractivity contribution in [3.05, 3.63) is 42.0 Å². The monoisotopic (exact) mass is 287 g/mol. The molecule has 2 aromatic rings. The van der Waals surface area contributed by atoms with Gasteiger partial charge in [0.2, 0.25) is 5.89 Å². The molecule has 0 amide bonds. The van der Waals surface area contributed by atoms with Gasteiger partial charge in [-0.2, -0.15) is 4.98 Å². The number of hydrogen-bond donors (Lipinski definition) is 1. The third-order valence-electron chi connectivity index (χ3n) is 3.96. The molecule has 2 atom stereocenters. The van der Waals surface area contributed by atoms with Crippen LogP contribution in [0.2, 0.25) is 0 Å². The van der Waals surface area contributed by atoms with E-state index in [4.69, 9.17) is 15.0 Å². The first-order valence-electron chi connectivity index (χ1n) is 7.59. The second-order valence-electron chi connectivity index (χ2n) is 5.52. The fourth-order valence-electron chi connectivity index (χ4n) is 2.76. The first-order valence-corrected chi connectivity index (χ1v) is 7.59. The van der Waals surface area contributed by atoms with Crippen LogP contribution in [0.5, 0.6) is 5.75 Å². The highest BCUT2D eigenvalue weighted by atomic mass is 16.5. The van der Waals surface area contributed by atoms with E-state index in [1.165, 1.54) is 12.8 Å². The van der Waals surface area contributed by atoms with Crippen LogP contribution in [0.3, 0.4) is 0 Å². The fourth-order valence-corrected chi connectivity index (χ4v) is 2.76. The van der Waals surface area contributed by atoms with Crippen molar-refractivity contribution < 1.29 is 9.26 Å². The number of nitrogens with zero attached hydrogens (tertiary/aromatic N) is 2. The van der Waals surface area contributed by atoms with Crippen molar-refractivity contribution in [2.75, 3.05) is 6.61 Å². The second-order valence-corrected chi connectivity index (χ2v) is 5.52. The summed E-state index contributed by atoms with van der Waals surface area (Å²) < 4.78 is 11.0. The summed E-state index contributed by atoms with van der Waals surface area (Å²) in [5.41, 5.74) is 6.14. The number of para-hydroxylation sites is 1. The molecule has 1 aromatic heterocycles. The summed E-state index contributed by atoms with van der Waals surface area (Å²) >= 11 is 0. The predicted molar refractivity (Wildman–Crippen MR) is 79.1 cm³/mol. The van der Waals surface area contributed by atoms with Crippen LogP contribution < -0.4 is 10.5 Å². The molecular weight excluding hydrogens is 266 g/mol. The van der Waals surface area contributed by atoms with Crippen molar-refractivity contribution in [1.29, 1.82) is 0 Å². The molecule has 1 aliphatic carbocycles. The maximum atomic E-state index is 6.14. The molecule has 1 aliphatic rings. The zero-order valence-electron chi connectivity index (χ0n) is 12.1. The van der Waals surface area contributed by atoms with Gasteiger partial charge in [0.25, 0.3) is 0 Å². The normalized spacial score (nSPS) is 22.1. The fraction of sp³-hybridized carbons (Fsp3) is 0.500. The summed E-state index contributed by atoms with van der Waals surface area (Å²) in [7, 11) is 0. The summed E-state index contributed by atoms with van der Waals surface area (Å²) in [5.74, 6) is 2.46. The smallest absolute Gasteiger partial charge is 0.231 e. The van der Waals surface area contributed by atoms with Crippen LogP contribution in [0.1, 0.15) is 43.3 Å².